The van der Waals surface area contributed by atoms with Crippen LogP contribution in [0.25, 0.3) is 5.76 Å². The second kappa shape index (κ2) is 7.23. The molecule has 0 saturated carbocycles. The lowest BCUT2D eigenvalue weighted by Gasteiger charge is -2.05. The first-order chi connectivity index (χ1) is 11.3. The fourth-order valence-corrected chi connectivity index (χ4v) is 2.25. The molecule has 2 nitrogen and oxygen atoms in total. The molecule has 0 heterocycles. The Labute approximate surface area is 136 Å². The standard InChI is InChI=1S/C21H17NO/c23-21(18-12-6-2-7-13-18)16-20(17-10-4-1-5-11-17)22-19-14-8-3-9-15-19/h1-16,23H/b21-16-,22-20-. The van der Waals surface area contributed by atoms with Gasteiger partial charge in [-0.1, -0.05) is 78.9 Å². The molecule has 1 N–H and O–H groups in total. The Kier molecular flexibility index (Phi) is 4.65. The van der Waals surface area contributed by atoms with Crippen LogP contribution in [0.5, 0.6) is 0 Å². The number of aliphatic imine (C=N–C) groups is 1. The fourth-order valence-electron chi connectivity index (χ4n) is 2.25. The highest BCUT2D eigenvalue weighted by Crippen LogP contribution is 2.17. The number of hydrogen-bond donors (Lipinski definition) is 1. The third-order valence-electron chi connectivity index (χ3n) is 3.42. The van der Waals surface area contributed by atoms with E-state index in [9.17, 15) is 5.11 Å². The normalized spacial score (nSPS) is 12.2. The van der Waals surface area contributed by atoms with Gasteiger partial charge in [0.25, 0.3) is 0 Å². The van der Waals surface area contributed by atoms with Crippen molar-refractivity contribution in [2.45, 2.75) is 0 Å². The van der Waals surface area contributed by atoms with Gasteiger partial charge in [0.15, 0.2) is 0 Å². The van der Waals surface area contributed by atoms with Crippen molar-refractivity contribution in [2.75, 3.05) is 0 Å². The van der Waals surface area contributed by atoms with Crippen molar-refractivity contribution >= 4 is 17.2 Å². The molecular formula is C21H17NO. The average molecular weight is 299 g/mol. The highest BCUT2D eigenvalue weighted by molar-refractivity contribution is 6.12. The minimum absolute atomic E-state index is 0.198. The van der Waals surface area contributed by atoms with Gasteiger partial charge in [-0.25, -0.2) is 4.99 Å². The maximum Gasteiger partial charge on any atom is 0.124 e. The third kappa shape index (κ3) is 3.95. The molecular weight excluding hydrogens is 282 g/mol. The zero-order valence-electron chi connectivity index (χ0n) is 12.6. The molecule has 0 saturated heterocycles. The van der Waals surface area contributed by atoms with E-state index in [-0.39, 0.29) is 5.76 Å². The highest BCUT2D eigenvalue weighted by Gasteiger charge is 2.04. The van der Waals surface area contributed by atoms with E-state index in [1.165, 1.54) is 0 Å². The second-order valence-electron chi connectivity index (χ2n) is 5.09. The Morgan fingerprint density at radius 2 is 1.13 bits per heavy atom. The molecule has 3 rings (SSSR count). The van der Waals surface area contributed by atoms with E-state index in [0.717, 1.165) is 22.5 Å². The first-order valence-corrected chi connectivity index (χ1v) is 7.48. The van der Waals surface area contributed by atoms with E-state index in [0.29, 0.717) is 0 Å². The van der Waals surface area contributed by atoms with Gasteiger partial charge in [0.05, 0.1) is 11.4 Å². The van der Waals surface area contributed by atoms with Crippen LogP contribution < -0.4 is 0 Å². The minimum atomic E-state index is 0.198. The number of nitrogens with zero attached hydrogens (tertiary/aromatic N) is 1. The number of aliphatic hydroxyl groups excluding tert-OH is 1. The topological polar surface area (TPSA) is 32.6 Å². The van der Waals surface area contributed by atoms with Crippen LogP contribution in [-0.2, 0) is 0 Å². The summed E-state index contributed by atoms with van der Waals surface area (Å²) in [6, 6.07) is 29.0. The van der Waals surface area contributed by atoms with Gasteiger partial charge in [0.1, 0.15) is 5.76 Å². The zero-order valence-corrected chi connectivity index (χ0v) is 12.6. The van der Waals surface area contributed by atoms with E-state index in [2.05, 4.69) is 4.99 Å². The molecule has 23 heavy (non-hydrogen) atoms. The molecule has 112 valence electrons. The lowest BCUT2D eigenvalue weighted by atomic mass is 10.1. The molecule has 3 aromatic rings. The Bertz CT molecular complexity index is 806. The maximum absolute atomic E-state index is 10.4. The van der Waals surface area contributed by atoms with Gasteiger partial charge in [0.2, 0.25) is 0 Å². The zero-order chi connectivity index (χ0) is 15.9. The summed E-state index contributed by atoms with van der Waals surface area (Å²) in [7, 11) is 0. The number of benzene rings is 3. The van der Waals surface area contributed by atoms with E-state index in [1.54, 1.807) is 6.08 Å². The Morgan fingerprint density at radius 1 is 0.652 bits per heavy atom. The van der Waals surface area contributed by atoms with Crippen LogP contribution in [0, 0.1) is 0 Å². The lowest BCUT2D eigenvalue weighted by molar-refractivity contribution is 0.512. The molecule has 0 amide bonds. The first kappa shape index (κ1) is 14.8. The van der Waals surface area contributed by atoms with Crippen LogP contribution in [0.15, 0.2) is 102 Å². The van der Waals surface area contributed by atoms with Crippen molar-refractivity contribution in [3.05, 3.63) is 108 Å². The van der Waals surface area contributed by atoms with Crippen LogP contribution in [0.3, 0.4) is 0 Å². The first-order valence-electron chi connectivity index (χ1n) is 7.48. The van der Waals surface area contributed by atoms with Gasteiger partial charge in [-0.15, -0.1) is 0 Å². The van der Waals surface area contributed by atoms with Crippen molar-refractivity contribution in [3.8, 4) is 0 Å². The smallest absolute Gasteiger partial charge is 0.124 e. The molecule has 3 aromatic carbocycles. The molecule has 0 aliphatic carbocycles. The summed E-state index contributed by atoms with van der Waals surface area (Å²) in [6.07, 6.45) is 1.71. The molecule has 0 aromatic heterocycles. The van der Waals surface area contributed by atoms with Gasteiger partial charge < -0.3 is 5.11 Å². The van der Waals surface area contributed by atoms with Crippen LogP contribution in [0.1, 0.15) is 11.1 Å². The molecule has 0 aliphatic rings. The number of rotatable bonds is 4. The summed E-state index contributed by atoms with van der Waals surface area (Å²) < 4.78 is 0. The largest absolute Gasteiger partial charge is 0.507 e. The monoisotopic (exact) mass is 299 g/mol. The minimum Gasteiger partial charge on any atom is -0.507 e. The molecule has 0 radical (unpaired) electrons. The Balaban J connectivity index is 2.04. The van der Waals surface area contributed by atoms with Gasteiger partial charge in [-0.05, 0) is 12.1 Å². The summed E-state index contributed by atoms with van der Waals surface area (Å²) >= 11 is 0. The van der Waals surface area contributed by atoms with Crippen molar-refractivity contribution in [2.24, 2.45) is 4.99 Å². The van der Waals surface area contributed by atoms with Crippen LogP contribution in [0.2, 0.25) is 0 Å². The van der Waals surface area contributed by atoms with Crippen LogP contribution >= 0.6 is 0 Å². The van der Waals surface area contributed by atoms with Crippen LogP contribution in [0.4, 0.5) is 5.69 Å². The number of hydrogen-bond acceptors (Lipinski definition) is 2. The number of allylic oxidation sites excluding steroid dienone is 1. The van der Waals surface area contributed by atoms with Gasteiger partial charge in [-0.3, -0.25) is 0 Å². The molecule has 2 heteroatoms. The molecule has 0 atom stereocenters. The number of aliphatic hydroxyl groups is 1. The van der Waals surface area contributed by atoms with Gasteiger partial charge >= 0.3 is 0 Å². The summed E-state index contributed by atoms with van der Waals surface area (Å²) in [6.45, 7) is 0. The summed E-state index contributed by atoms with van der Waals surface area (Å²) in [4.78, 5) is 4.67. The molecule has 0 bridgehead atoms. The van der Waals surface area contributed by atoms with Gasteiger partial charge in [0, 0.05) is 17.2 Å². The summed E-state index contributed by atoms with van der Waals surface area (Å²) in [5, 5.41) is 10.4. The quantitative estimate of drug-likeness (QED) is 0.507. The van der Waals surface area contributed by atoms with Crippen molar-refractivity contribution in [1.29, 1.82) is 0 Å². The summed E-state index contributed by atoms with van der Waals surface area (Å²) in [5.74, 6) is 0.198. The maximum atomic E-state index is 10.4. The Hall–Kier alpha value is -3.13. The van der Waals surface area contributed by atoms with Crippen LogP contribution in [-0.4, -0.2) is 10.8 Å². The van der Waals surface area contributed by atoms with Crippen molar-refractivity contribution < 1.29 is 5.11 Å². The molecule has 0 unspecified atom stereocenters. The summed E-state index contributed by atoms with van der Waals surface area (Å²) in [5.41, 5.74) is 3.30. The lowest BCUT2D eigenvalue weighted by Crippen LogP contribution is -1.98. The fraction of sp³-hybridized carbons (Fsp3) is 0. The van der Waals surface area contributed by atoms with E-state index in [4.69, 9.17) is 0 Å². The van der Waals surface area contributed by atoms with Crippen molar-refractivity contribution in [3.63, 3.8) is 0 Å². The predicted molar refractivity (Wildman–Crippen MR) is 96.1 cm³/mol. The molecule has 0 fully saturated rings. The third-order valence-corrected chi connectivity index (χ3v) is 3.42. The highest BCUT2D eigenvalue weighted by atomic mass is 16.3. The van der Waals surface area contributed by atoms with E-state index in [1.807, 2.05) is 91.0 Å². The number of para-hydroxylation sites is 1. The Morgan fingerprint density at radius 3 is 1.70 bits per heavy atom. The van der Waals surface area contributed by atoms with E-state index < -0.39 is 0 Å². The molecule has 0 spiro atoms. The average Bonchev–Trinajstić information content (AvgIpc) is 2.63. The predicted octanol–water partition coefficient (Wildman–Crippen LogP) is 5.41. The van der Waals surface area contributed by atoms with Crippen molar-refractivity contribution in [1.82, 2.24) is 0 Å². The van der Waals surface area contributed by atoms with Gasteiger partial charge in [-0.2, -0.15) is 0 Å². The van der Waals surface area contributed by atoms with E-state index >= 15 is 0 Å². The second-order valence-corrected chi connectivity index (χ2v) is 5.09. The SMILES string of the molecule is O/C(=C\C(=N\c1ccccc1)c1ccccc1)c1ccccc1. The molecule has 0 aliphatic heterocycles.